The molecule has 0 amide bonds. The molecule has 1 saturated heterocycles. The molecule has 0 aromatic heterocycles. The van der Waals surface area contributed by atoms with Crippen LogP contribution in [0.2, 0.25) is 0 Å². The van der Waals surface area contributed by atoms with E-state index in [4.69, 9.17) is 4.74 Å². The Bertz CT molecular complexity index is 293. The largest absolute Gasteiger partial charge is 0.458 e. The molecule has 1 aliphatic heterocycles. The van der Waals surface area contributed by atoms with Crippen LogP contribution in [0.15, 0.2) is 0 Å². The second-order valence-corrected chi connectivity index (χ2v) is 5.89. The van der Waals surface area contributed by atoms with Gasteiger partial charge in [0, 0.05) is 5.41 Å². The van der Waals surface area contributed by atoms with Crippen LogP contribution < -0.4 is 0 Å². The van der Waals surface area contributed by atoms with Crippen LogP contribution in [0, 0.1) is 16.7 Å². The van der Waals surface area contributed by atoms with Gasteiger partial charge in [0.1, 0.15) is 5.60 Å². The molecule has 14 heavy (non-hydrogen) atoms. The van der Waals surface area contributed by atoms with E-state index in [-0.39, 0.29) is 22.4 Å². The summed E-state index contributed by atoms with van der Waals surface area (Å²) in [6.45, 7) is 10.8. The molecule has 2 atom stereocenters. The van der Waals surface area contributed by atoms with Crippen LogP contribution in [-0.2, 0) is 9.53 Å². The van der Waals surface area contributed by atoms with Crippen molar-refractivity contribution in [1.29, 1.82) is 0 Å². The van der Waals surface area contributed by atoms with Crippen LogP contribution in [-0.4, -0.2) is 11.6 Å². The fraction of sp³-hybridized carbons (Fsp3) is 0.917. The van der Waals surface area contributed by atoms with Gasteiger partial charge in [0.2, 0.25) is 0 Å². The van der Waals surface area contributed by atoms with Gasteiger partial charge in [0.15, 0.2) is 0 Å². The molecule has 0 aromatic carbocycles. The fourth-order valence-corrected chi connectivity index (χ4v) is 3.47. The minimum Gasteiger partial charge on any atom is -0.458 e. The van der Waals surface area contributed by atoms with Crippen molar-refractivity contribution in [2.45, 2.75) is 53.1 Å². The van der Waals surface area contributed by atoms with E-state index >= 15 is 0 Å². The van der Waals surface area contributed by atoms with Crippen molar-refractivity contribution in [1.82, 2.24) is 0 Å². The smallest absolute Gasteiger partial charge is 0.313 e. The molecule has 2 heteroatoms. The summed E-state index contributed by atoms with van der Waals surface area (Å²) in [5.74, 6) is 0.424. The Labute approximate surface area is 86.0 Å². The van der Waals surface area contributed by atoms with Crippen molar-refractivity contribution >= 4 is 5.97 Å². The zero-order valence-corrected chi connectivity index (χ0v) is 9.81. The lowest BCUT2D eigenvalue weighted by atomic mass is 9.63. The van der Waals surface area contributed by atoms with Crippen molar-refractivity contribution in [2.75, 3.05) is 0 Å². The molecule has 2 bridgehead atoms. The van der Waals surface area contributed by atoms with Gasteiger partial charge in [0.25, 0.3) is 0 Å². The first-order valence-electron chi connectivity index (χ1n) is 5.51. The molecule has 2 nitrogen and oxygen atoms in total. The summed E-state index contributed by atoms with van der Waals surface area (Å²) in [5.41, 5.74) is -0.485. The SMILES string of the molecule is CC(C)C12CCC(C)(C(=O)O1)C2(C)C. The number of ether oxygens (including phenoxy) is 1. The van der Waals surface area contributed by atoms with E-state index < -0.39 is 0 Å². The third-order valence-corrected chi connectivity index (χ3v) is 5.09. The molecular weight excluding hydrogens is 176 g/mol. The van der Waals surface area contributed by atoms with Crippen LogP contribution in [0.4, 0.5) is 0 Å². The number of rotatable bonds is 1. The molecule has 2 rings (SSSR count). The van der Waals surface area contributed by atoms with Crippen LogP contribution in [0.5, 0.6) is 0 Å². The second-order valence-electron chi connectivity index (χ2n) is 5.89. The standard InChI is InChI=1S/C12H20O2/c1-8(2)12-7-6-11(5,9(13)14-12)10(12,3)4/h8H,6-7H2,1-5H3. The Morgan fingerprint density at radius 2 is 1.79 bits per heavy atom. The van der Waals surface area contributed by atoms with Gasteiger partial charge >= 0.3 is 5.97 Å². The average molecular weight is 196 g/mol. The number of carbonyl (C=O) groups is 1. The lowest BCUT2D eigenvalue weighted by molar-refractivity contribution is -0.164. The third kappa shape index (κ3) is 0.731. The summed E-state index contributed by atoms with van der Waals surface area (Å²) < 4.78 is 5.69. The summed E-state index contributed by atoms with van der Waals surface area (Å²) in [5, 5.41) is 0. The number of esters is 1. The van der Waals surface area contributed by atoms with E-state index in [1.807, 2.05) is 0 Å². The minimum absolute atomic E-state index is 0.0162. The first kappa shape index (κ1) is 10.0. The highest BCUT2D eigenvalue weighted by molar-refractivity contribution is 5.82. The normalized spacial score (nSPS) is 44.6. The minimum atomic E-state index is -0.253. The average Bonchev–Trinajstić information content (AvgIpc) is 2.34. The fourth-order valence-electron chi connectivity index (χ4n) is 3.47. The van der Waals surface area contributed by atoms with Crippen molar-refractivity contribution in [3.05, 3.63) is 0 Å². The van der Waals surface area contributed by atoms with E-state index in [0.29, 0.717) is 5.92 Å². The highest BCUT2D eigenvalue weighted by atomic mass is 16.6. The summed E-state index contributed by atoms with van der Waals surface area (Å²) in [6.07, 6.45) is 2.01. The highest BCUT2D eigenvalue weighted by Gasteiger charge is 2.73. The maximum Gasteiger partial charge on any atom is 0.313 e. The van der Waals surface area contributed by atoms with Crippen LogP contribution in [0.25, 0.3) is 0 Å². The third-order valence-electron chi connectivity index (χ3n) is 5.09. The Hall–Kier alpha value is -0.530. The van der Waals surface area contributed by atoms with Crippen LogP contribution in [0.3, 0.4) is 0 Å². The first-order valence-corrected chi connectivity index (χ1v) is 5.51. The van der Waals surface area contributed by atoms with E-state index in [1.165, 1.54) is 0 Å². The topological polar surface area (TPSA) is 26.3 Å². The predicted molar refractivity (Wildman–Crippen MR) is 54.8 cm³/mol. The Morgan fingerprint density at radius 1 is 1.21 bits per heavy atom. The summed E-state index contributed by atoms with van der Waals surface area (Å²) in [6, 6.07) is 0. The monoisotopic (exact) mass is 196 g/mol. The number of hydrogen-bond donors (Lipinski definition) is 0. The quantitative estimate of drug-likeness (QED) is 0.603. The van der Waals surface area contributed by atoms with Gasteiger partial charge in [-0.3, -0.25) is 4.79 Å². The molecular formula is C12H20O2. The molecule has 1 saturated carbocycles. The van der Waals surface area contributed by atoms with Gasteiger partial charge in [-0.2, -0.15) is 0 Å². The zero-order valence-electron chi connectivity index (χ0n) is 9.81. The molecule has 0 radical (unpaired) electrons. The molecule has 0 aromatic rings. The molecule has 1 aliphatic carbocycles. The lowest BCUT2D eigenvalue weighted by Crippen LogP contribution is -2.45. The van der Waals surface area contributed by atoms with E-state index in [2.05, 4.69) is 34.6 Å². The van der Waals surface area contributed by atoms with Crippen LogP contribution in [0.1, 0.15) is 47.5 Å². The van der Waals surface area contributed by atoms with E-state index in [9.17, 15) is 4.79 Å². The Morgan fingerprint density at radius 3 is 2.00 bits per heavy atom. The number of fused-ring (bicyclic) bond motifs is 2. The maximum atomic E-state index is 11.9. The summed E-state index contributed by atoms with van der Waals surface area (Å²) in [7, 11) is 0. The van der Waals surface area contributed by atoms with Crippen molar-refractivity contribution in [3.63, 3.8) is 0 Å². The second kappa shape index (κ2) is 2.34. The molecule has 2 aliphatic rings. The maximum absolute atomic E-state index is 11.9. The first-order chi connectivity index (χ1) is 6.28. The lowest BCUT2D eigenvalue weighted by Gasteiger charge is -2.40. The summed E-state index contributed by atoms with van der Waals surface area (Å²) >= 11 is 0. The van der Waals surface area contributed by atoms with Gasteiger partial charge < -0.3 is 4.74 Å². The molecule has 1 heterocycles. The van der Waals surface area contributed by atoms with Gasteiger partial charge in [-0.1, -0.05) is 27.7 Å². The molecule has 0 spiro atoms. The number of hydrogen-bond acceptors (Lipinski definition) is 2. The van der Waals surface area contributed by atoms with Gasteiger partial charge in [-0.25, -0.2) is 0 Å². The van der Waals surface area contributed by atoms with Gasteiger partial charge in [-0.15, -0.1) is 0 Å². The van der Waals surface area contributed by atoms with Crippen LogP contribution >= 0.6 is 0 Å². The molecule has 2 fully saturated rings. The zero-order chi connectivity index (χ0) is 10.8. The van der Waals surface area contributed by atoms with Gasteiger partial charge in [0.05, 0.1) is 5.41 Å². The van der Waals surface area contributed by atoms with Crippen molar-refractivity contribution in [3.8, 4) is 0 Å². The molecule has 2 unspecified atom stereocenters. The highest BCUT2D eigenvalue weighted by Crippen LogP contribution is 2.67. The van der Waals surface area contributed by atoms with E-state index in [1.54, 1.807) is 0 Å². The molecule has 0 N–H and O–H groups in total. The van der Waals surface area contributed by atoms with Gasteiger partial charge in [-0.05, 0) is 25.7 Å². The van der Waals surface area contributed by atoms with Crippen molar-refractivity contribution < 1.29 is 9.53 Å². The van der Waals surface area contributed by atoms with Crippen molar-refractivity contribution in [2.24, 2.45) is 16.7 Å². The molecule has 80 valence electrons. The number of carbonyl (C=O) groups excluding carboxylic acids is 1. The van der Waals surface area contributed by atoms with E-state index in [0.717, 1.165) is 12.8 Å². The predicted octanol–water partition coefficient (Wildman–Crippen LogP) is 2.76. The summed E-state index contributed by atoms with van der Waals surface area (Å²) in [4.78, 5) is 11.9. The Balaban J connectivity index is 2.54. The Kier molecular flexibility index (Phi) is 1.67.